The summed E-state index contributed by atoms with van der Waals surface area (Å²) < 4.78 is 26.3. The van der Waals surface area contributed by atoms with Gasteiger partial charge in [-0.05, 0) is 43.9 Å². The summed E-state index contributed by atoms with van der Waals surface area (Å²) in [7, 11) is 0. The summed E-state index contributed by atoms with van der Waals surface area (Å²) >= 11 is 0. The van der Waals surface area contributed by atoms with Crippen LogP contribution in [0.15, 0.2) is 54.6 Å². The maximum Gasteiger partial charge on any atom is 0.341 e. The Morgan fingerprint density at radius 3 is 2.58 bits per heavy atom. The predicted octanol–water partition coefficient (Wildman–Crippen LogP) is 6.07. The summed E-state index contributed by atoms with van der Waals surface area (Å²) in [5.74, 6) is -1.67. The van der Waals surface area contributed by atoms with Gasteiger partial charge in [-0.3, -0.25) is 0 Å². The number of ether oxygens (including phenoxy) is 2. The number of carboxylic acid groups (broad SMARTS) is 1. The van der Waals surface area contributed by atoms with Gasteiger partial charge in [-0.1, -0.05) is 61.9 Å². The molecule has 0 aromatic heterocycles. The Hall–Kier alpha value is -2.66. The predicted molar refractivity (Wildman–Crippen MR) is 119 cm³/mol. The lowest BCUT2D eigenvalue weighted by Crippen LogP contribution is -2.34. The van der Waals surface area contributed by atoms with Gasteiger partial charge in [-0.2, -0.15) is 0 Å². The van der Waals surface area contributed by atoms with E-state index in [1.807, 2.05) is 13.8 Å². The van der Waals surface area contributed by atoms with Crippen LogP contribution in [-0.4, -0.2) is 23.8 Å². The lowest BCUT2D eigenvalue weighted by Gasteiger charge is -2.42. The molecule has 4 nitrogen and oxygen atoms in total. The van der Waals surface area contributed by atoms with Gasteiger partial charge < -0.3 is 14.6 Å². The quantitative estimate of drug-likeness (QED) is 0.521. The number of hydrogen-bond acceptors (Lipinski definition) is 3. The molecule has 0 radical (unpaired) electrons. The minimum atomic E-state index is -1.16. The Kier molecular flexibility index (Phi) is 7.50. The van der Waals surface area contributed by atoms with E-state index in [0.717, 1.165) is 24.8 Å². The zero-order valence-electron chi connectivity index (χ0n) is 18.4. The highest BCUT2D eigenvalue weighted by molar-refractivity contribution is 5.68. The topological polar surface area (TPSA) is 55.8 Å². The van der Waals surface area contributed by atoms with Crippen molar-refractivity contribution in [3.05, 3.63) is 77.1 Å². The average Bonchev–Trinajstić information content (AvgIpc) is 2.73. The Morgan fingerprint density at radius 2 is 1.97 bits per heavy atom. The standard InChI is InChI=1S/C26H31FO4/c1-5-7-18-10-12-19(13-11-18)22-14-21(16(2)3)25(31-17(22)4)20-8-6-9-23(27)26(20)30-15-24(28)29/h6,8-13,17,21-22,25H,2,5,7,14-15H2,1,3-4H3,(H,28,29)/t17-,21-,22-,25+/m0/s1. The summed E-state index contributed by atoms with van der Waals surface area (Å²) in [6, 6.07) is 13.3. The first-order valence-electron chi connectivity index (χ1n) is 10.8. The summed E-state index contributed by atoms with van der Waals surface area (Å²) in [5.41, 5.74) is 4.01. The van der Waals surface area contributed by atoms with Crippen molar-refractivity contribution in [2.24, 2.45) is 5.92 Å². The average molecular weight is 427 g/mol. The van der Waals surface area contributed by atoms with Crippen molar-refractivity contribution >= 4 is 5.97 Å². The maximum atomic E-state index is 14.5. The molecular formula is C26H31FO4. The minimum Gasteiger partial charge on any atom is -0.479 e. The minimum absolute atomic E-state index is 0.0505. The Bertz CT molecular complexity index is 922. The molecule has 1 aliphatic heterocycles. The highest BCUT2D eigenvalue weighted by atomic mass is 19.1. The third kappa shape index (κ3) is 5.34. The molecule has 1 aliphatic rings. The number of hydrogen-bond donors (Lipinski definition) is 1. The molecule has 0 bridgehead atoms. The van der Waals surface area contributed by atoms with Gasteiger partial charge in [-0.15, -0.1) is 0 Å². The molecule has 1 heterocycles. The molecule has 1 saturated heterocycles. The number of carbonyl (C=O) groups is 1. The number of halogens is 1. The second kappa shape index (κ2) is 10.1. The van der Waals surface area contributed by atoms with Crippen molar-refractivity contribution in [1.82, 2.24) is 0 Å². The van der Waals surface area contributed by atoms with Crippen molar-refractivity contribution in [1.29, 1.82) is 0 Å². The SMILES string of the molecule is C=C(C)[C@@H]1C[C@H](c2ccc(CCC)cc2)[C@H](C)O[C@@H]1c1cccc(F)c1OCC(=O)O. The third-order valence-electron chi connectivity index (χ3n) is 6.02. The lowest BCUT2D eigenvalue weighted by atomic mass is 9.75. The lowest BCUT2D eigenvalue weighted by molar-refractivity contribution is -0.139. The molecule has 2 aromatic carbocycles. The number of rotatable bonds is 8. The molecule has 1 N–H and O–H groups in total. The van der Waals surface area contributed by atoms with Crippen molar-refractivity contribution in [2.45, 2.75) is 58.2 Å². The van der Waals surface area contributed by atoms with Gasteiger partial charge >= 0.3 is 5.97 Å². The first-order chi connectivity index (χ1) is 14.8. The summed E-state index contributed by atoms with van der Waals surface area (Å²) in [6.45, 7) is 9.71. The van der Waals surface area contributed by atoms with Crippen LogP contribution in [0.5, 0.6) is 5.75 Å². The highest BCUT2D eigenvalue weighted by Gasteiger charge is 2.39. The first kappa shape index (κ1) is 23.0. The van der Waals surface area contributed by atoms with Crippen LogP contribution in [0.3, 0.4) is 0 Å². The van der Waals surface area contributed by atoms with Crippen LogP contribution < -0.4 is 4.74 Å². The largest absolute Gasteiger partial charge is 0.479 e. The summed E-state index contributed by atoms with van der Waals surface area (Å²) in [6.07, 6.45) is 2.42. The maximum absolute atomic E-state index is 14.5. The van der Waals surface area contributed by atoms with Crippen LogP contribution in [0.2, 0.25) is 0 Å². The summed E-state index contributed by atoms with van der Waals surface area (Å²) in [4.78, 5) is 11.0. The monoisotopic (exact) mass is 426 g/mol. The molecule has 0 saturated carbocycles. The molecule has 0 amide bonds. The number of benzene rings is 2. The molecule has 0 spiro atoms. The molecule has 0 aliphatic carbocycles. The van der Waals surface area contributed by atoms with E-state index in [1.165, 1.54) is 17.2 Å². The van der Waals surface area contributed by atoms with Gasteiger partial charge in [0.2, 0.25) is 0 Å². The van der Waals surface area contributed by atoms with E-state index in [0.29, 0.717) is 5.56 Å². The van der Waals surface area contributed by atoms with Gasteiger partial charge in [-0.25, -0.2) is 9.18 Å². The van der Waals surface area contributed by atoms with Gasteiger partial charge in [0.05, 0.1) is 12.2 Å². The van der Waals surface area contributed by atoms with E-state index in [-0.39, 0.29) is 23.7 Å². The van der Waals surface area contributed by atoms with E-state index >= 15 is 0 Å². The van der Waals surface area contributed by atoms with Crippen molar-refractivity contribution < 1.29 is 23.8 Å². The number of aliphatic carboxylic acids is 1. The number of aryl methyl sites for hydroxylation is 1. The van der Waals surface area contributed by atoms with Crippen LogP contribution in [0.25, 0.3) is 0 Å². The van der Waals surface area contributed by atoms with Gasteiger partial charge in [0.1, 0.15) is 0 Å². The van der Waals surface area contributed by atoms with Gasteiger partial charge in [0.15, 0.2) is 18.2 Å². The van der Waals surface area contributed by atoms with E-state index in [2.05, 4.69) is 37.8 Å². The molecule has 3 rings (SSSR count). The number of para-hydroxylation sites is 1. The van der Waals surface area contributed by atoms with Gasteiger partial charge in [0.25, 0.3) is 0 Å². The normalized spacial score (nSPS) is 23.4. The van der Waals surface area contributed by atoms with Crippen LogP contribution in [0.1, 0.15) is 62.3 Å². The third-order valence-corrected chi connectivity index (χ3v) is 6.02. The van der Waals surface area contributed by atoms with E-state index in [4.69, 9.17) is 14.6 Å². The van der Waals surface area contributed by atoms with Crippen LogP contribution in [0, 0.1) is 11.7 Å². The molecule has 1 fully saturated rings. The van der Waals surface area contributed by atoms with Crippen LogP contribution in [0.4, 0.5) is 4.39 Å². The molecule has 31 heavy (non-hydrogen) atoms. The Morgan fingerprint density at radius 1 is 1.26 bits per heavy atom. The first-order valence-corrected chi connectivity index (χ1v) is 10.8. The molecular weight excluding hydrogens is 395 g/mol. The molecule has 4 atom stereocenters. The molecule has 2 aromatic rings. The van der Waals surface area contributed by atoms with E-state index in [1.54, 1.807) is 12.1 Å². The van der Waals surface area contributed by atoms with Crippen molar-refractivity contribution in [2.75, 3.05) is 6.61 Å². The van der Waals surface area contributed by atoms with E-state index in [9.17, 15) is 9.18 Å². The van der Waals surface area contributed by atoms with Crippen LogP contribution in [-0.2, 0) is 16.0 Å². The number of carboxylic acids is 1. The highest BCUT2D eigenvalue weighted by Crippen LogP contribution is 2.48. The zero-order valence-corrected chi connectivity index (χ0v) is 18.4. The fourth-order valence-electron chi connectivity index (χ4n) is 4.42. The Balaban J connectivity index is 1.90. The fraction of sp³-hybridized carbons (Fsp3) is 0.423. The smallest absolute Gasteiger partial charge is 0.341 e. The molecule has 5 heteroatoms. The van der Waals surface area contributed by atoms with Crippen molar-refractivity contribution in [3.8, 4) is 5.75 Å². The van der Waals surface area contributed by atoms with Gasteiger partial charge in [0, 0.05) is 17.4 Å². The molecule has 0 unspecified atom stereocenters. The molecule has 166 valence electrons. The fourth-order valence-corrected chi connectivity index (χ4v) is 4.42. The Labute approximate surface area is 183 Å². The second-order valence-corrected chi connectivity index (χ2v) is 8.39. The summed E-state index contributed by atoms with van der Waals surface area (Å²) in [5, 5.41) is 8.97. The second-order valence-electron chi connectivity index (χ2n) is 8.39. The van der Waals surface area contributed by atoms with E-state index < -0.39 is 24.5 Å². The van der Waals surface area contributed by atoms with Crippen LogP contribution >= 0.6 is 0 Å². The van der Waals surface area contributed by atoms with Crippen molar-refractivity contribution in [3.63, 3.8) is 0 Å². The zero-order chi connectivity index (χ0) is 22.5.